The van der Waals surface area contributed by atoms with Crippen LogP contribution in [-0.4, -0.2) is 27.6 Å². The minimum atomic E-state index is -0.508. The van der Waals surface area contributed by atoms with Gasteiger partial charge >= 0.3 is 0 Å². The van der Waals surface area contributed by atoms with Gasteiger partial charge in [-0.25, -0.2) is 10.0 Å². The molecule has 1 amide bonds. The summed E-state index contributed by atoms with van der Waals surface area (Å²) < 4.78 is 5.54. The van der Waals surface area contributed by atoms with E-state index in [-0.39, 0.29) is 12.5 Å². The minimum absolute atomic E-state index is 0.130. The first-order valence-corrected chi connectivity index (χ1v) is 9.43. The first-order chi connectivity index (χ1) is 12.3. The summed E-state index contributed by atoms with van der Waals surface area (Å²) in [5, 5.41) is 3.26. The lowest BCUT2D eigenvalue weighted by molar-refractivity contribution is -0.137. The number of hydrazine groups is 1. The molecular weight excluding hydrogens is 393 g/mol. The van der Waals surface area contributed by atoms with Gasteiger partial charge in [-0.1, -0.05) is 47.1 Å². The molecule has 8 heteroatoms. The molecule has 1 N–H and O–H groups in total. The maximum Gasteiger partial charge on any atom is 0.280 e. The van der Waals surface area contributed by atoms with E-state index in [1.54, 1.807) is 36.4 Å². The fourth-order valence-corrected chi connectivity index (χ4v) is 3.66. The van der Waals surface area contributed by atoms with Crippen LogP contribution in [-0.2, 0) is 4.79 Å². The number of hydrogen-bond donors (Lipinski definition) is 1. The molecule has 1 aliphatic heterocycles. The number of aliphatic imine (C=N–C) groups is 1. The zero-order valence-electron chi connectivity index (χ0n) is 14.2. The van der Waals surface area contributed by atoms with Gasteiger partial charge in [-0.15, -0.1) is 0 Å². The fourth-order valence-electron chi connectivity index (χ4n) is 2.34. The van der Waals surface area contributed by atoms with Crippen molar-refractivity contribution in [3.63, 3.8) is 0 Å². The van der Waals surface area contributed by atoms with Crippen LogP contribution in [0.2, 0.25) is 10.0 Å². The minimum Gasteiger partial charge on any atom is -0.482 e. The summed E-state index contributed by atoms with van der Waals surface area (Å²) in [4.78, 5) is 16.6. The molecule has 0 bridgehead atoms. The third kappa shape index (κ3) is 4.44. The molecule has 2 aromatic carbocycles. The second kappa shape index (κ2) is 7.78. The van der Waals surface area contributed by atoms with Crippen LogP contribution >= 0.6 is 35.0 Å². The summed E-state index contributed by atoms with van der Waals surface area (Å²) >= 11 is 13.4. The average Bonchev–Trinajstić information content (AvgIpc) is 2.90. The van der Waals surface area contributed by atoms with Crippen LogP contribution in [0.1, 0.15) is 13.8 Å². The highest BCUT2D eigenvalue weighted by atomic mass is 35.5. The van der Waals surface area contributed by atoms with Gasteiger partial charge in [-0.05, 0) is 50.2 Å². The number of amides is 1. The third-order valence-corrected chi connectivity index (χ3v) is 5.21. The third-order valence-electron chi connectivity index (χ3n) is 3.59. The van der Waals surface area contributed by atoms with Crippen LogP contribution in [0.3, 0.4) is 0 Å². The van der Waals surface area contributed by atoms with Crippen LogP contribution < -0.4 is 10.2 Å². The van der Waals surface area contributed by atoms with Crippen molar-refractivity contribution in [2.45, 2.75) is 18.7 Å². The molecule has 0 aromatic heterocycles. The number of carbonyl (C=O) groups is 1. The molecule has 5 nitrogen and oxygen atoms in total. The Hall–Kier alpha value is -1.89. The van der Waals surface area contributed by atoms with E-state index >= 15 is 0 Å². The Morgan fingerprint density at radius 1 is 1.19 bits per heavy atom. The molecule has 1 saturated heterocycles. The number of amidine groups is 1. The number of carbonyl (C=O) groups excluding carboxylic acids is 1. The lowest BCUT2D eigenvalue weighted by Gasteiger charge is -2.28. The van der Waals surface area contributed by atoms with Crippen molar-refractivity contribution in [1.29, 1.82) is 0 Å². The molecular formula is C18H17Cl2N3O2S. The van der Waals surface area contributed by atoms with Crippen LogP contribution in [0.4, 0.5) is 5.69 Å². The van der Waals surface area contributed by atoms with Crippen molar-refractivity contribution in [2.24, 2.45) is 4.99 Å². The lowest BCUT2D eigenvalue weighted by Crippen LogP contribution is -2.49. The molecule has 26 heavy (non-hydrogen) atoms. The number of benzene rings is 2. The highest BCUT2D eigenvalue weighted by molar-refractivity contribution is 8.15. The standard InChI is InChI=1S/C18H17Cl2N3O2S/c1-18(2)23(16(24)11-25-15-6-4-3-5-14(15)20)22-17(26-18)21-13-9-7-12(19)8-10-13/h3-10H,11H2,1-2H3,(H,21,22). The SMILES string of the molecule is CC1(C)SC(=Nc2ccc(Cl)cc2)NN1C(=O)COc1ccccc1Cl. The maximum absolute atomic E-state index is 12.6. The number of para-hydroxylation sites is 1. The van der Waals surface area contributed by atoms with Gasteiger partial charge in [0, 0.05) is 5.02 Å². The fraction of sp³-hybridized carbons (Fsp3) is 0.222. The zero-order valence-corrected chi connectivity index (χ0v) is 16.5. The topological polar surface area (TPSA) is 53.9 Å². The maximum atomic E-state index is 12.6. The number of nitrogens with one attached hydrogen (secondary N) is 1. The van der Waals surface area contributed by atoms with Gasteiger partial charge in [0.1, 0.15) is 10.6 Å². The van der Waals surface area contributed by atoms with E-state index in [4.69, 9.17) is 27.9 Å². The van der Waals surface area contributed by atoms with E-state index in [0.29, 0.717) is 21.0 Å². The van der Waals surface area contributed by atoms with Crippen LogP contribution in [0, 0.1) is 0 Å². The molecule has 2 aromatic rings. The summed E-state index contributed by atoms with van der Waals surface area (Å²) in [7, 11) is 0. The second-order valence-corrected chi connectivity index (χ2v) is 8.44. The van der Waals surface area contributed by atoms with E-state index in [0.717, 1.165) is 5.69 Å². The molecule has 0 unspecified atom stereocenters. The largest absolute Gasteiger partial charge is 0.482 e. The van der Waals surface area contributed by atoms with Crippen molar-refractivity contribution in [2.75, 3.05) is 6.61 Å². The summed E-state index contributed by atoms with van der Waals surface area (Å²) in [6.45, 7) is 3.74. The number of thioether (sulfide) groups is 1. The Morgan fingerprint density at radius 2 is 1.88 bits per heavy atom. The van der Waals surface area contributed by atoms with E-state index in [1.165, 1.54) is 16.8 Å². The predicted octanol–water partition coefficient (Wildman–Crippen LogP) is 4.88. The van der Waals surface area contributed by atoms with Gasteiger partial charge in [0.15, 0.2) is 11.8 Å². The van der Waals surface area contributed by atoms with Gasteiger partial charge in [0.25, 0.3) is 5.91 Å². The van der Waals surface area contributed by atoms with Crippen molar-refractivity contribution >= 4 is 51.7 Å². The number of hydrogen-bond acceptors (Lipinski definition) is 4. The van der Waals surface area contributed by atoms with Gasteiger partial charge in [0.2, 0.25) is 0 Å². The molecule has 3 rings (SSSR count). The molecule has 0 aliphatic carbocycles. The normalized spacial score (nSPS) is 17.2. The number of nitrogens with zero attached hydrogens (tertiary/aromatic N) is 2. The van der Waals surface area contributed by atoms with E-state index in [9.17, 15) is 4.79 Å². The van der Waals surface area contributed by atoms with E-state index < -0.39 is 4.87 Å². The smallest absolute Gasteiger partial charge is 0.280 e. The first kappa shape index (κ1) is 18.9. The Bertz CT molecular complexity index is 841. The van der Waals surface area contributed by atoms with Crippen molar-refractivity contribution in [3.8, 4) is 5.75 Å². The Balaban J connectivity index is 1.68. The molecule has 1 aliphatic rings. The van der Waals surface area contributed by atoms with Crippen molar-refractivity contribution in [1.82, 2.24) is 10.4 Å². The van der Waals surface area contributed by atoms with Crippen LogP contribution in [0.15, 0.2) is 53.5 Å². The quantitative estimate of drug-likeness (QED) is 0.781. The second-order valence-electron chi connectivity index (χ2n) is 6.00. The Morgan fingerprint density at radius 3 is 2.58 bits per heavy atom. The van der Waals surface area contributed by atoms with E-state index in [2.05, 4.69) is 10.4 Å². The highest BCUT2D eigenvalue weighted by Crippen LogP contribution is 2.35. The van der Waals surface area contributed by atoms with Gasteiger partial charge in [0.05, 0.1) is 10.7 Å². The summed E-state index contributed by atoms with van der Waals surface area (Å²) in [6.07, 6.45) is 0. The molecule has 0 spiro atoms. The van der Waals surface area contributed by atoms with Gasteiger partial charge < -0.3 is 4.74 Å². The molecule has 136 valence electrons. The van der Waals surface area contributed by atoms with Crippen molar-refractivity contribution < 1.29 is 9.53 Å². The zero-order chi connectivity index (χ0) is 18.7. The highest BCUT2D eigenvalue weighted by Gasteiger charge is 2.40. The molecule has 0 atom stereocenters. The number of halogens is 2. The monoisotopic (exact) mass is 409 g/mol. The van der Waals surface area contributed by atoms with Gasteiger partial charge in [-0.2, -0.15) is 0 Å². The summed E-state index contributed by atoms with van der Waals surface area (Å²) in [5.41, 5.74) is 3.80. The number of rotatable bonds is 4. The number of ether oxygens (including phenoxy) is 1. The lowest BCUT2D eigenvalue weighted by atomic mass is 10.3. The first-order valence-electron chi connectivity index (χ1n) is 7.85. The van der Waals surface area contributed by atoms with Gasteiger partial charge in [-0.3, -0.25) is 10.2 Å². The van der Waals surface area contributed by atoms with Crippen LogP contribution in [0.5, 0.6) is 5.75 Å². The predicted molar refractivity (Wildman–Crippen MR) is 107 cm³/mol. The molecule has 0 radical (unpaired) electrons. The van der Waals surface area contributed by atoms with Crippen molar-refractivity contribution in [3.05, 3.63) is 58.6 Å². The van der Waals surface area contributed by atoms with Crippen LogP contribution in [0.25, 0.3) is 0 Å². The summed E-state index contributed by atoms with van der Waals surface area (Å²) in [6, 6.07) is 14.2. The molecule has 1 heterocycles. The van der Waals surface area contributed by atoms with E-state index in [1.807, 2.05) is 26.0 Å². The Labute approximate surface area is 166 Å². The average molecular weight is 410 g/mol. The summed E-state index contributed by atoms with van der Waals surface area (Å²) in [5.74, 6) is 0.256. The molecule has 0 saturated carbocycles. The molecule has 1 fully saturated rings. The Kier molecular flexibility index (Phi) is 5.65.